The van der Waals surface area contributed by atoms with Gasteiger partial charge in [0.2, 0.25) is 14.9 Å². The fourth-order valence-corrected chi connectivity index (χ4v) is 3.56. The van der Waals surface area contributed by atoms with Crippen molar-refractivity contribution in [1.82, 2.24) is 0 Å². The van der Waals surface area contributed by atoms with Crippen LogP contribution in [0.2, 0.25) is 0 Å². The Hall–Kier alpha value is -3.06. The molecule has 0 radical (unpaired) electrons. The number of furan rings is 1. The van der Waals surface area contributed by atoms with Crippen LogP contribution >= 0.6 is 0 Å². The highest BCUT2D eigenvalue weighted by Crippen LogP contribution is 2.25. The Morgan fingerprint density at radius 2 is 1.63 bits per heavy atom. The molecule has 3 aromatic rings. The van der Waals surface area contributed by atoms with E-state index in [9.17, 15) is 13.2 Å². The summed E-state index contributed by atoms with van der Waals surface area (Å²) in [6, 6.07) is 17.8. The number of sulfone groups is 1. The van der Waals surface area contributed by atoms with Gasteiger partial charge in [-0.2, -0.15) is 0 Å². The van der Waals surface area contributed by atoms with Crippen molar-refractivity contribution < 1.29 is 22.4 Å². The van der Waals surface area contributed by atoms with Crippen LogP contribution in [0.25, 0.3) is 0 Å². The van der Waals surface area contributed by atoms with Crippen LogP contribution in [0.4, 0.5) is 5.69 Å². The van der Waals surface area contributed by atoms with Gasteiger partial charge in [-0.1, -0.05) is 38.1 Å². The van der Waals surface area contributed by atoms with E-state index in [1.165, 1.54) is 17.7 Å². The number of carbonyl (C=O) groups is 1. The molecule has 1 heterocycles. The lowest BCUT2D eigenvalue weighted by Gasteiger charge is -2.22. The van der Waals surface area contributed by atoms with Gasteiger partial charge >= 0.3 is 0 Å². The highest BCUT2D eigenvalue weighted by molar-refractivity contribution is 7.90. The molecule has 0 saturated heterocycles. The molecule has 0 spiro atoms. The second kappa shape index (κ2) is 8.75. The topological polar surface area (TPSA) is 76.8 Å². The Kier molecular flexibility index (Phi) is 6.31. The molecular formula is C23H25NO5S. The summed E-state index contributed by atoms with van der Waals surface area (Å²) >= 11 is 0. The lowest BCUT2D eigenvalue weighted by atomic mass is 10.0. The first-order chi connectivity index (χ1) is 14.2. The van der Waals surface area contributed by atoms with Crippen molar-refractivity contribution in [3.63, 3.8) is 0 Å². The maximum atomic E-state index is 13.2. The fourth-order valence-electron chi connectivity index (χ4n) is 3.00. The standard InChI is InChI=1S/C23H25NO5S/c1-16(2)18-7-5-17(6-8-18)15-24(19-9-11-20(28-3)12-10-19)23(25)21-13-14-22(29-21)30(4,26)27/h5-14,16H,15H2,1-4H3. The van der Waals surface area contributed by atoms with Crippen LogP contribution in [-0.2, 0) is 16.4 Å². The van der Waals surface area contributed by atoms with E-state index in [-0.39, 0.29) is 10.9 Å². The zero-order valence-corrected chi connectivity index (χ0v) is 18.3. The summed E-state index contributed by atoms with van der Waals surface area (Å²) in [6.07, 6.45) is 1.04. The van der Waals surface area contributed by atoms with Crippen LogP contribution in [0.5, 0.6) is 5.75 Å². The molecule has 158 valence electrons. The number of benzene rings is 2. The van der Waals surface area contributed by atoms with Gasteiger partial charge in [-0.15, -0.1) is 0 Å². The number of carbonyl (C=O) groups excluding carboxylic acids is 1. The summed E-state index contributed by atoms with van der Waals surface area (Å²) in [5.41, 5.74) is 2.80. The Balaban J connectivity index is 1.95. The van der Waals surface area contributed by atoms with Gasteiger partial charge in [0.1, 0.15) is 5.75 Å². The molecule has 2 aromatic carbocycles. The zero-order valence-electron chi connectivity index (χ0n) is 17.5. The molecule has 0 aliphatic rings. The highest BCUT2D eigenvalue weighted by Gasteiger charge is 2.23. The van der Waals surface area contributed by atoms with E-state index in [1.807, 2.05) is 24.3 Å². The zero-order chi connectivity index (χ0) is 21.9. The molecule has 6 nitrogen and oxygen atoms in total. The largest absolute Gasteiger partial charge is 0.497 e. The summed E-state index contributed by atoms with van der Waals surface area (Å²) in [5.74, 6) is 0.619. The predicted octanol–water partition coefficient (Wildman–Crippen LogP) is 4.66. The molecule has 3 rings (SSSR count). The average Bonchev–Trinajstić information content (AvgIpc) is 3.23. The lowest BCUT2D eigenvalue weighted by Crippen LogP contribution is -2.30. The van der Waals surface area contributed by atoms with Crippen molar-refractivity contribution in [3.05, 3.63) is 77.6 Å². The van der Waals surface area contributed by atoms with E-state index in [1.54, 1.807) is 36.3 Å². The molecule has 0 saturated carbocycles. The second-order valence-electron chi connectivity index (χ2n) is 7.38. The number of hydrogen-bond donors (Lipinski definition) is 0. The van der Waals surface area contributed by atoms with Crippen LogP contribution in [0, 0.1) is 0 Å². The second-order valence-corrected chi connectivity index (χ2v) is 9.32. The van der Waals surface area contributed by atoms with Gasteiger partial charge in [-0.3, -0.25) is 4.79 Å². The number of rotatable bonds is 7. The lowest BCUT2D eigenvalue weighted by molar-refractivity contribution is 0.0953. The molecule has 0 aliphatic heterocycles. The summed E-state index contributed by atoms with van der Waals surface area (Å²) < 4.78 is 34.0. The Bertz CT molecular complexity index is 1110. The maximum Gasteiger partial charge on any atom is 0.294 e. The monoisotopic (exact) mass is 427 g/mol. The van der Waals surface area contributed by atoms with Gasteiger partial charge < -0.3 is 14.1 Å². The van der Waals surface area contributed by atoms with Crippen molar-refractivity contribution in [2.24, 2.45) is 0 Å². The number of anilines is 1. The van der Waals surface area contributed by atoms with Crippen LogP contribution in [0.3, 0.4) is 0 Å². The summed E-state index contributed by atoms with van der Waals surface area (Å²) in [7, 11) is -1.97. The maximum absolute atomic E-state index is 13.2. The van der Waals surface area contributed by atoms with E-state index < -0.39 is 15.7 Å². The number of methoxy groups -OCH3 is 1. The quantitative estimate of drug-likeness (QED) is 0.548. The normalized spacial score (nSPS) is 11.5. The number of amides is 1. The van der Waals surface area contributed by atoms with Gasteiger partial charge in [-0.25, -0.2) is 8.42 Å². The molecule has 1 amide bonds. The van der Waals surface area contributed by atoms with Crippen molar-refractivity contribution in [2.45, 2.75) is 31.4 Å². The molecule has 0 unspecified atom stereocenters. The Morgan fingerprint density at radius 1 is 1.00 bits per heavy atom. The average molecular weight is 428 g/mol. The number of hydrogen-bond acceptors (Lipinski definition) is 5. The predicted molar refractivity (Wildman–Crippen MR) is 116 cm³/mol. The molecule has 0 atom stereocenters. The van der Waals surface area contributed by atoms with Crippen LogP contribution in [0.1, 0.15) is 41.4 Å². The summed E-state index contributed by atoms with van der Waals surface area (Å²) in [5, 5.41) is -0.234. The first kappa shape index (κ1) is 21.6. The Morgan fingerprint density at radius 3 is 2.13 bits per heavy atom. The third kappa shape index (κ3) is 4.91. The van der Waals surface area contributed by atoms with E-state index >= 15 is 0 Å². The third-order valence-electron chi connectivity index (χ3n) is 4.77. The van der Waals surface area contributed by atoms with Gasteiger partial charge in [-0.05, 0) is 53.4 Å². The molecule has 0 fully saturated rings. The van der Waals surface area contributed by atoms with Crippen molar-refractivity contribution in [2.75, 3.05) is 18.3 Å². The minimum atomic E-state index is -3.54. The smallest absolute Gasteiger partial charge is 0.294 e. The van der Waals surface area contributed by atoms with Crippen LogP contribution < -0.4 is 9.64 Å². The number of nitrogens with zero attached hydrogens (tertiary/aromatic N) is 1. The van der Waals surface area contributed by atoms with Gasteiger partial charge in [0.25, 0.3) is 5.91 Å². The highest BCUT2D eigenvalue weighted by atomic mass is 32.2. The minimum Gasteiger partial charge on any atom is -0.497 e. The third-order valence-corrected chi connectivity index (χ3v) is 5.72. The molecule has 1 aromatic heterocycles. The Labute approximate surface area is 177 Å². The van der Waals surface area contributed by atoms with Crippen molar-refractivity contribution in [3.8, 4) is 5.75 Å². The summed E-state index contributed by atoms with van der Waals surface area (Å²) in [4.78, 5) is 14.8. The molecule has 30 heavy (non-hydrogen) atoms. The first-order valence-electron chi connectivity index (χ1n) is 9.53. The number of ether oxygens (including phenoxy) is 1. The van der Waals surface area contributed by atoms with E-state index in [2.05, 4.69) is 13.8 Å². The van der Waals surface area contributed by atoms with Crippen LogP contribution in [0.15, 0.2) is 70.2 Å². The van der Waals surface area contributed by atoms with Crippen molar-refractivity contribution in [1.29, 1.82) is 0 Å². The minimum absolute atomic E-state index is 0.0370. The molecule has 7 heteroatoms. The van der Waals surface area contributed by atoms with E-state index in [0.717, 1.165) is 11.8 Å². The first-order valence-corrected chi connectivity index (χ1v) is 11.4. The van der Waals surface area contributed by atoms with Gasteiger partial charge in [0, 0.05) is 11.9 Å². The molecule has 0 aliphatic carbocycles. The molecule has 0 N–H and O–H groups in total. The van der Waals surface area contributed by atoms with Crippen molar-refractivity contribution >= 4 is 21.4 Å². The van der Waals surface area contributed by atoms with Crippen LogP contribution in [-0.4, -0.2) is 27.7 Å². The van der Waals surface area contributed by atoms with E-state index in [4.69, 9.17) is 9.15 Å². The van der Waals surface area contributed by atoms with Gasteiger partial charge in [0.15, 0.2) is 5.76 Å². The van der Waals surface area contributed by atoms with E-state index in [0.29, 0.717) is 23.9 Å². The SMILES string of the molecule is COc1ccc(N(Cc2ccc(C(C)C)cc2)C(=O)c2ccc(S(C)(=O)=O)o2)cc1. The fraction of sp³-hybridized carbons (Fsp3) is 0.261. The molecule has 0 bridgehead atoms. The van der Waals surface area contributed by atoms with Gasteiger partial charge in [0.05, 0.1) is 13.7 Å². The summed E-state index contributed by atoms with van der Waals surface area (Å²) in [6.45, 7) is 4.55. The molecular weight excluding hydrogens is 402 g/mol.